The van der Waals surface area contributed by atoms with Gasteiger partial charge in [-0.3, -0.25) is 4.79 Å². The molecule has 0 unspecified atom stereocenters. The zero-order chi connectivity index (χ0) is 14.1. The lowest BCUT2D eigenvalue weighted by atomic mass is 10.1. The van der Waals surface area contributed by atoms with E-state index in [4.69, 9.17) is 11.6 Å². The third-order valence-corrected chi connectivity index (χ3v) is 4.07. The molecule has 1 aliphatic rings. The van der Waals surface area contributed by atoms with Gasteiger partial charge in [-0.25, -0.2) is 0 Å². The molecule has 0 aromatic heterocycles. The summed E-state index contributed by atoms with van der Waals surface area (Å²) >= 11 is 9.43. The lowest BCUT2D eigenvalue weighted by molar-refractivity contribution is 0.102. The first-order valence-corrected chi connectivity index (χ1v) is 7.44. The molecule has 1 heterocycles. The molecular formula is C15H12BrClN2O. The molecule has 1 aliphatic heterocycles. The van der Waals surface area contributed by atoms with Crippen molar-refractivity contribution in [3.63, 3.8) is 0 Å². The molecule has 0 fully saturated rings. The molecule has 0 saturated carbocycles. The molecule has 5 heteroatoms. The first-order chi connectivity index (χ1) is 9.63. The number of carbonyl (C=O) groups is 1. The zero-order valence-electron chi connectivity index (χ0n) is 10.5. The Hall–Kier alpha value is -1.52. The second kappa shape index (κ2) is 5.46. The molecular weight excluding hydrogens is 340 g/mol. The molecule has 1 amide bonds. The number of carbonyl (C=O) groups excluding carboxylic acids is 1. The van der Waals surface area contributed by atoms with Gasteiger partial charge in [-0.2, -0.15) is 0 Å². The number of halogens is 2. The van der Waals surface area contributed by atoms with Crippen molar-refractivity contribution in [2.24, 2.45) is 0 Å². The van der Waals surface area contributed by atoms with Crippen molar-refractivity contribution in [3.8, 4) is 0 Å². The number of rotatable bonds is 2. The largest absolute Gasteiger partial charge is 0.384 e. The summed E-state index contributed by atoms with van der Waals surface area (Å²) in [4.78, 5) is 12.2. The normalized spacial score (nSPS) is 12.7. The van der Waals surface area contributed by atoms with Gasteiger partial charge in [0.2, 0.25) is 0 Å². The second-order valence-electron chi connectivity index (χ2n) is 4.63. The second-order valence-corrected chi connectivity index (χ2v) is 5.95. The van der Waals surface area contributed by atoms with Gasteiger partial charge in [-0.15, -0.1) is 0 Å². The summed E-state index contributed by atoms with van der Waals surface area (Å²) in [5.41, 5.74) is 3.52. The highest BCUT2D eigenvalue weighted by Gasteiger charge is 2.14. The summed E-state index contributed by atoms with van der Waals surface area (Å²) in [6, 6.07) is 11.1. The van der Waals surface area contributed by atoms with Gasteiger partial charge in [0, 0.05) is 22.3 Å². The SMILES string of the molecule is O=C(Nc1ccc(Br)cc1Cl)c1ccc2c(c1)NCC2. The van der Waals surface area contributed by atoms with Gasteiger partial charge >= 0.3 is 0 Å². The number of anilines is 2. The summed E-state index contributed by atoms with van der Waals surface area (Å²) in [6.07, 6.45) is 1.01. The molecule has 3 nitrogen and oxygen atoms in total. The van der Waals surface area contributed by atoms with E-state index >= 15 is 0 Å². The average molecular weight is 352 g/mol. The fraction of sp³-hybridized carbons (Fsp3) is 0.133. The molecule has 3 rings (SSSR count). The van der Waals surface area contributed by atoms with Crippen LogP contribution in [0, 0.1) is 0 Å². The Balaban J connectivity index is 1.82. The fourth-order valence-corrected chi connectivity index (χ4v) is 2.94. The topological polar surface area (TPSA) is 41.1 Å². The van der Waals surface area contributed by atoms with Gasteiger partial charge in [-0.1, -0.05) is 33.6 Å². The van der Waals surface area contributed by atoms with E-state index in [0.29, 0.717) is 16.3 Å². The number of nitrogens with one attached hydrogen (secondary N) is 2. The number of hydrogen-bond donors (Lipinski definition) is 2. The van der Waals surface area contributed by atoms with Crippen LogP contribution in [0.4, 0.5) is 11.4 Å². The van der Waals surface area contributed by atoms with Crippen LogP contribution in [0.5, 0.6) is 0 Å². The Morgan fingerprint density at radius 3 is 2.90 bits per heavy atom. The highest BCUT2D eigenvalue weighted by atomic mass is 79.9. The summed E-state index contributed by atoms with van der Waals surface area (Å²) in [6.45, 7) is 0.930. The molecule has 2 aromatic carbocycles. The average Bonchev–Trinajstić information content (AvgIpc) is 2.89. The highest BCUT2D eigenvalue weighted by molar-refractivity contribution is 9.10. The maximum absolute atomic E-state index is 12.2. The van der Waals surface area contributed by atoms with Gasteiger partial charge in [0.05, 0.1) is 10.7 Å². The van der Waals surface area contributed by atoms with Crippen LogP contribution in [-0.4, -0.2) is 12.5 Å². The van der Waals surface area contributed by atoms with Crippen molar-refractivity contribution >= 4 is 44.8 Å². The Kier molecular flexibility index (Phi) is 3.68. The molecule has 0 bridgehead atoms. The Morgan fingerprint density at radius 2 is 2.10 bits per heavy atom. The van der Waals surface area contributed by atoms with E-state index in [2.05, 4.69) is 26.6 Å². The monoisotopic (exact) mass is 350 g/mol. The fourth-order valence-electron chi connectivity index (χ4n) is 2.22. The minimum absolute atomic E-state index is 0.161. The van der Waals surface area contributed by atoms with Gasteiger partial charge in [0.15, 0.2) is 0 Å². The lowest BCUT2D eigenvalue weighted by Crippen LogP contribution is -2.12. The van der Waals surface area contributed by atoms with E-state index in [1.54, 1.807) is 12.1 Å². The minimum atomic E-state index is -0.161. The van der Waals surface area contributed by atoms with Crippen molar-refractivity contribution in [1.82, 2.24) is 0 Å². The summed E-state index contributed by atoms with van der Waals surface area (Å²) in [5.74, 6) is -0.161. The standard InChI is InChI=1S/C15H12BrClN2O/c16-11-3-4-13(12(17)8-11)19-15(20)10-2-1-9-5-6-18-14(9)7-10/h1-4,7-8,18H,5-6H2,(H,19,20). The molecule has 0 saturated heterocycles. The Bertz CT molecular complexity index is 688. The van der Waals surface area contributed by atoms with E-state index < -0.39 is 0 Å². The third kappa shape index (κ3) is 2.67. The maximum atomic E-state index is 12.2. The number of amides is 1. The van der Waals surface area contributed by atoms with E-state index in [1.165, 1.54) is 5.56 Å². The van der Waals surface area contributed by atoms with Crippen molar-refractivity contribution < 1.29 is 4.79 Å². The molecule has 2 aromatic rings. The van der Waals surface area contributed by atoms with E-state index in [1.807, 2.05) is 24.3 Å². The number of hydrogen-bond acceptors (Lipinski definition) is 2. The van der Waals surface area contributed by atoms with Crippen molar-refractivity contribution in [2.75, 3.05) is 17.2 Å². The van der Waals surface area contributed by atoms with E-state index in [-0.39, 0.29) is 5.91 Å². The number of fused-ring (bicyclic) bond motifs is 1. The van der Waals surface area contributed by atoms with Crippen LogP contribution >= 0.6 is 27.5 Å². The highest BCUT2D eigenvalue weighted by Crippen LogP contribution is 2.27. The molecule has 0 spiro atoms. The van der Waals surface area contributed by atoms with Crippen LogP contribution in [-0.2, 0) is 6.42 Å². The smallest absolute Gasteiger partial charge is 0.255 e. The number of benzene rings is 2. The third-order valence-electron chi connectivity index (χ3n) is 3.26. The molecule has 102 valence electrons. The van der Waals surface area contributed by atoms with Crippen LogP contribution < -0.4 is 10.6 Å². The molecule has 0 aliphatic carbocycles. The Morgan fingerprint density at radius 1 is 1.25 bits per heavy atom. The minimum Gasteiger partial charge on any atom is -0.384 e. The van der Waals surface area contributed by atoms with E-state index in [9.17, 15) is 4.79 Å². The van der Waals surface area contributed by atoms with Crippen LogP contribution in [0.25, 0.3) is 0 Å². The molecule has 0 radical (unpaired) electrons. The van der Waals surface area contributed by atoms with Crippen molar-refractivity contribution in [2.45, 2.75) is 6.42 Å². The molecule has 2 N–H and O–H groups in total. The van der Waals surface area contributed by atoms with Crippen LogP contribution in [0.1, 0.15) is 15.9 Å². The Labute approximate surface area is 130 Å². The zero-order valence-corrected chi connectivity index (χ0v) is 12.9. The van der Waals surface area contributed by atoms with Crippen LogP contribution in [0.2, 0.25) is 5.02 Å². The quantitative estimate of drug-likeness (QED) is 0.846. The summed E-state index contributed by atoms with van der Waals surface area (Å²) in [7, 11) is 0. The van der Waals surface area contributed by atoms with Gasteiger partial charge < -0.3 is 10.6 Å². The van der Waals surface area contributed by atoms with Gasteiger partial charge in [0.1, 0.15) is 0 Å². The molecule has 0 atom stereocenters. The van der Waals surface area contributed by atoms with Crippen molar-refractivity contribution in [3.05, 3.63) is 57.0 Å². The first-order valence-electron chi connectivity index (χ1n) is 6.27. The van der Waals surface area contributed by atoms with Crippen molar-refractivity contribution in [1.29, 1.82) is 0 Å². The first kappa shape index (κ1) is 13.5. The predicted octanol–water partition coefficient (Wildman–Crippen LogP) is 4.32. The van der Waals surface area contributed by atoms with Crippen LogP contribution in [0.3, 0.4) is 0 Å². The summed E-state index contributed by atoms with van der Waals surface area (Å²) < 4.78 is 0.877. The summed E-state index contributed by atoms with van der Waals surface area (Å²) in [5, 5.41) is 6.60. The predicted molar refractivity (Wildman–Crippen MR) is 85.7 cm³/mol. The van der Waals surface area contributed by atoms with Crippen LogP contribution in [0.15, 0.2) is 40.9 Å². The van der Waals surface area contributed by atoms with Gasteiger partial charge in [-0.05, 0) is 42.3 Å². The van der Waals surface area contributed by atoms with Gasteiger partial charge in [0.25, 0.3) is 5.91 Å². The molecule has 20 heavy (non-hydrogen) atoms. The lowest BCUT2D eigenvalue weighted by Gasteiger charge is -2.09. The maximum Gasteiger partial charge on any atom is 0.255 e. The van der Waals surface area contributed by atoms with E-state index in [0.717, 1.165) is 23.1 Å².